The number of phenols is 1. The van der Waals surface area contributed by atoms with E-state index in [9.17, 15) is 9.90 Å². The van der Waals surface area contributed by atoms with Crippen molar-refractivity contribution < 1.29 is 14.6 Å². The minimum atomic E-state index is -0.304. The number of aromatic nitrogens is 2. The van der Waals surface area contributed by atoms with Gasteiger partial charge in [-0.25, -0.2) is 10.4 Å². The SMILES string of the molecule is CCOc1cc(/C=N\Nc2nc(-c3ccc(OC)cc3)cc(=O)[nH]2)ccc1O. The second-order valence-electron chi connectivity index (χ2n) is 5.74. The summed E-state index contributed by atoms with van der Waals surface area (Å²) in [6, 6.07) is 13.5. The molecule has 3 N–H and O–H groups in total. The summed E-state index contributed by atoms with van der Waals surface area (Å²) >= 11 is 0. The molecule has 0 atom stereocenters. The number of aromatic hydroxyl groups is 1. The molecule has 0 amide bonds. The average molecular weight is 380 g/mol. The van der Waals surface area contributed by atoms with Crippen LogP contribution in [0, 0.1) is 0 Å². The Labute approximate surface area is 161 Å². The molecule has 0 bridgehead atoms. The van der Waals surface area contributed by atoms with Crippen LogP contribution in [0.15, 0.2) is 58.4 Å². The van der Waals surface area contributed by atoms with Crippen molar-refractivity contribution >= 4 is 12.2 Å². The smallest absolute Gasteiger partial charge is 0.252 e. The summed E-state index contributed by atoms with van der Waals surface area (Å²) in [5.74, 6) is 1.36. The van der Waals surface area contributed by atoms with Crippen LogP contribution in [0.1, 0.15) is 12.5 Å². The van der Waals surface area contributed by atoms with Crippen molar-refractivity contribution in [2.75, 3.05) is 19.1 Å². The predicted molar refractivity (Wildman–Crippen MR) is 107 cm³/mol. The molecule has 8 heteroatoms. The molecule has 0 fully saturated rings. The number of nitrogens with one attached hydrogen (secondary N) is 2. The van der Waals surface area contributed by atoms with Gasteiger partial charge in [-0.3, -0.25) is 9.78 Å². The molecule has 0 aliphatic heterocycles. The number of aromatic amines is 1. The Morgan fingerprint density at radius 1 is 1.21 bits per heavy atom. The highest BCUT2D eigenvalue weighted by molar-refractivity contribution is 5.81. The molecule has 0 saturated heterocycles. The number of benzene rings is 2. The molecule has 1 heterocycles. The monoisotopic (exact) mass is 380 g/mol. The van der Waals surface area contributed by atoms with Crippen LogP contribution in [-0.2, 0) is 0 Å². The fourth-order valence-corrected chi connectivity index (χ4v) is 2.47. The highest BCUT2D eigenvalue weighted by Crippen LogP contribution is 2.26. The Kier molecular flexibility index (Phi) is 5.91. The Hall–Kier alpha value is -3.81. The lowest BCUT2D eigenvalue weighted by Crippen LogP contribution is -2.10. The third-order valence-corrected chi connectivity index (χ3v) is 3.80. The molecule has 28 heavy (non-hydrogen) atoms. The zero-order chi connectivity index (χ0) is 19.9. The number of H-pyrrole nitrogens is 1. The first kappa shape index (κ1) is 19.0. The molecular formula is C20H20N4O4. The lowest BCUT2D eigenvalue weighted by Gasteiger charge is -2.06. The minimum Gasteiger partial charge on any atom is -0.504 e. The predicted octanol–water partition coefficient (Wildman–Crippen LogP) is 3.00. The van der Waals surface area contributed by atoms with Gasteiger partial charge in [0.25, 0.3) is 5.56 Å². The molecule has 2 aromatic carbocycles. The van der Waals surface area contributed by atoms with Gasteiger partial charge in [0.15, 0.2) is 11.5 Å². The van der Waals surface area contributed by atoms with E-state index in [1.165, 1.54) is 18.3 Å². The molecule has 0 saturated carbocycles. The number of ether oxygens (including phenoxy) is 2. The molecule has 1 aromatic heterocycles. The van der Waals surface area contributed by atoms with Gasteiger partial charge in [-0.05, 0) is 55.0 Å². The summed E-state index contributed by atoms with van der Waals surface area (Å²) in [7, 11) is 1.59. The maximum Gasteiger partial charge on any atom is 0.252 e. The standard InChI is InChI=1S/C20H20N4O4/c1-3-28-18-10-13(4-9-17(18)25)12-21-24-20-22-16(11-19(26)23-20)14-5-7-15(27-2)8-6-14/h4-12,25H,3H2,1-2H3,(H2,22,23,24,26)/b21-12-. The van der Waals surface area contributed by atoms with Crippen molar-refractivity contribution in [2.24, 2.45) is 5.10 Å². The van der Waals surface area contributed by atoms with Crippen molar-refractivity contribution in [3.63, 3.8) is 0 Å². The Balaban J connectivity index is 1.77. The van der Waals surface area contributed by atoms with Gasteiger partial charge < -0.3 is 14.6 Å². The topological polar surface area (TPSA) is 109 Å². The molecule has 0 radical (unpaired) electrons. The third kappa shape index (κ3) is 4.67. The molecule has 144 valence electrons. The van der Waals surface area contributed by atoms with E-state index in [4.69, 9.17) is 9.47 Å². The number of anilines is 1. The Bertz CT molecular complexity index is 1030. The van der Waals surface area contributed by atoms with Gasteiger partial charge in [0.2, 0.25) is 5.95 Å². The lowest BCUT2D eigenvalue weighted by atomic mass is 10.1. The number of rotatable bonds is 7. The van der Waals surface area contributed by atoms with E-state index in [2.05, 4.69) is 20.5 Å². The Morgan fingerprint density at radius 3 is 2.71 bits per heavy atom. The third-order valence-electron chi connectivity index (χ3n) is 3.80. The van der Waals surface area contributed by atoms with Gasteiger partial charge in [0.1, 0.15) is 5.75 Å². The van der Waals surface area contributed by atoms with Gasteiger partial charge in [0.05, 0.1) is 25.6 Å². The van der Waals surface area contributed by atoms with E-state index in [1.807, 2.05) is 19.1 Å². The molecule has 0 spiro atoms. The zero-order valence-corrected chi connectivity index (χ0v) is 15.5. The van der Waals surface area contributed by atoms with Crippen molar-refractivity contribution in [1.82, 2.24) is 9.97 Å². The summed E-state index contributed by atoms with van der Waals surface area (Å²) in [5, 5.41) is 13.8. The maximum absolute atomic E-state index is 11.9. The zero-order valence-electron chi connectivity index (χ0n) is 15.5. The molecule has 3 aromatic rings. The molecule has 0 aliphatic rings. The van der Waals surface area contributed by atoms with E-state index in [0.717, 1.165) is 11.3 Å². The molecule has 0 aliphatic carbocycles. The van der Waals surface area contributed by atoms with E-state index in [0.29, 0.717) is 23.6 Å². The Morgan fingerprint density at radius 2 is 2.00 bits per heavy atom. The van der Waals surface area contributed by atoms with Gasteiger partial charge in [-0.2, -0.15) is 5.10 Å². The summed E-state index contributed by atoms with van der Waals surface area (Å²) < 4.78 is 10.5. The van der Waals surface area contributed by atoms with Gasteiger partial charge in [-0.15, -0.1) is 0 Å². The van der Waals surface area contributed by atoms with E-state index >= 15 is 0 Å². The normalized spacial score (nSPS) is 10.8. The van der Waals surface area contributed by atoms with Crippen LogP contribution in [0.4, 0.5) is 5.95 Å². The fourth-order valence-electron chi connectivity index (χ4n) is 2.47. The van der Waals surface area contributed by atoms with Gasteiger partial charge in [0, 0.05) is 11.6 Å². The summed E-state index contributed by atoms with van der Waals surface area (Å²) in [6.45, 7) is 2.27. The van der Waals surface area contributed by atoms with Crippen molar-refractivity contribution in [1.29, 1.82) is 0 Å². The van der Waals surface area contributed by atoms with Crippen molar-refractivity contribution in [3.8, 4) is 28.5 Å². The van der Waals surface area contributed by atoms with Gasteiger partial charge in [-0.1, -0.05) is 0 Å². The van der Waals surface area contributed by atoms with Crippen LogP contribution in [0.2, 0.25) is 0 Å². The molecule has 0 unspecified atom stereocenters. The first-order valence-electron chi connectivity index (χ1n) is 8.59. The van der Waals surface area contributed by atoms with Crippen LogP contribution in [0.5, 0.6) is 17.2 Å². The van der Waals surface area contributed by atoms with Crippen LogP contribution in [-0.4, -0.2) is 35.0 Å². The number of hydrazone groups is 1. The summed E-state index contributed by atoms with van der Waals surface area (Å²) in [5.41, 5.74) is 4.40. The molecule has 8 nitrogen and oxygen atoms in total. The second kappa shape index (κ2) is 8.72. The number of phenolic OH excluding ortho intramolecular Hbond substituents is 1. The van der Waals surface area contributed by atoms with Crippen molar-refractivity contribution in [3.05, 3.63) is 64.4 Å². The van der Waals surface area contributed by atoms with Crippen LogP contribution in [0.25, 0.3) is 11.3 Å². The van der Waals surface area contributed by atoms with Gasteiger partial charge >= 0.3 is 0 Å². The first-order valence-corrected chi connectivity index (χ1v) is 8.59. The summed E-state index contributed by atoms with van der Waals surface area (Å²) in [6.07, 6.45) is 1.53. The van der Waals surface area contributed by atoms with Crippen LogP contribution >= 0.6 is 0 Å². The minimum absolute atomic E-state index is 0.0603. The largest absolute Gasteiger partial charge is 0.504 e. The highest BCUT2D eigenvalue weighted by atomic mass is 16.5. The number of methoxy groups -OCH3 is 1. The van der Waals surface area contributed by atoms with Crippen molar-refractivity contribution in [2.45, 2.75) is 6.92 Å². The fraction of sp³-hybridized carbons (Fsp3) is 0.150. The van der Waals surface area contributed by atoms with E-state index in [-0.39, 0.29) is 17.3 Å². The maximum atomic E-state index is 11.9. The van der Waals surface area contributed by atoms with Crippen LogP contribution in [0.3, 0.4) is 0 Å². The van der Waals surface area contributed by atoms with E-state index in [1.54, 1.807) is 31.4 Å². The first-order chi connectivity index (χ1) is 13.6. The quantitative estimate of drug-likeness (QED) is 0.429. The van der Waals surface area contributed by atoms with E-state index < -0.39 is 0 Å². The number of hydrogen-bond acceptors (Lipinski definition) is 7. The second-order valence-corrected chi connectivity index (χ2v) is 5.74. The average Bonchev–Trinajstić information content (AvgIpc) is 2.70. The lowest BCUT2D eigenvalue weighted by molar-refractivity contribution is 0.318. The molecule has 3 rings (SSSR count). The van der Waals surface area contributed by atoms with Crippen LogP contribution < -0.4 is 20.5 Å². The highest BCUT2D eigenvalue weighted by Gasteiger charge is 2.05. The number of nitrogens with zero attached hydrogens (tertiary/aromatic N) is 2. The number of hydrogen-bond donors (Lipinski definition) is 3. The molecular weight excluding hydrogens is 360 g/mol. The summed E-state index contributed by atoms with van der Waals surface area (Å²) in [4.78, 5) is 18.9.